The van der Waals surface area contributed by atoms with E-state index in [1.807, 2.05) is 6.07 Å². The summed E-state index contributed by atoms with van der Waals surface area (Å²) in [6.07, 6.45) is 6.08. The Hall–Kier alpha value is -0.930. The van der Waals surface area contributed by atoms with Gasteiger partial charge in [-0.05, 0) is 30.5 Å². The first-order valence-corrected chi connectivity index (χ1v) is 7.23. The molecule has 1 fully saturated rings. The third-order valence-corrected chi connectivity index (χ3v) is 4.19. The molecule has 1 aliphatic rings. The lowest BCUT2D eigenvalue weighted by atomic mass is 9.69. The molecule has 0 aromatic heterocycles. The van der Waals surface area contributed by atoms with Crippen molar-refractivity contribution in [2.75, 3.05) is 26.8 Å². The Labute approximate surface area is 115 Å². The summed E-state index contributed by atoms with van der Waals surface area (Å²) in [4.78, 5) is 0. The lowest BCUT2D eigenvalue weighted by Gasteiger charge is -2.38. The number of hydrogen-bond acceptors (Lipinski definition) is 2. The Morgan fingerprint density at radius 1 is 1.26 bits per heavy atom. The zero-order valence-corrected chi connectivity index (χ0v) is 11.8. The standard InChI is InChI=1S/C16H24FNO/c1-19-11-10-18-13-16(8-3-2-4-9-16)14-6-5-7-15(17)12-14/h5-7,12,18H,2-4,8-11,13H2,1H3. The fourth-order valence-corrected chi connectivity index (χ4v) is 3.12. The first kappa shape index (κ1) is 14.5. The van der Waals surface area contributed by atoms with Crippen molar-refractivity contribution in [2.24, 2.45) is 0 Å². The van der Waals surface area contributed by atoms with E-state index >= 15 is 0 Å². The number of benzene rings is 1. The summed E-state index contributed by atoms with van der Waals surface area (Å²) in [6, 6.07) is 7.14. The topological polar surface area (TPSA) is 21.3 Å². The molecule has 0 radical (unpaired) electrons. The van der Waals surface area contributed by atoms with Crippen LogP contribution >= 0.6 is 0 Å². The highest BCUT2D eigenvalue weighted by atomic mass is 19.1. The first-order valence-electron chi connectivity index (χ1n) is 7.23. The van der Waals surface area contributed by atoms with Gasteiger partial charge in [0.1, 0.15) is 5.82 Å². The van der Waals surface area contributed by atoms with Crippen molar-refractivity contribution in [3.63, 3.8) is 0 Å². The molecule has 0 atom stereocenters. The quantitative estimate of drug-likeness (QED) is 0.797. The highest BCUT2D eigenvalue weighted by Crippen LogP contribution is 2.39. The van der Waals surface area contributed by atoms with E-state index in [0.29, 0.717) is 0 Å². The van der Waals surface area contributed by atoms with Crippen molar-refractivity contribution in [1.82, 2.24) is 5.32 Å². The zero-order chi connectivity index (χ0) is 13.6. The molecule has 0 saturated heterocycles. The molecule has 1 saturated carbocycles. The molecule has 106 valence electrons. The number of nitrogens with one attached hydrogen (secondary N) is 1. The molecule has 0 heterocycles. The van der Waals surface area contributed by atoms with Crippen LogP contribution in [0, 0.1) is 5.82 Å². The fraction of sp³-hybridized carbons (Fsp3) is 0.625. The Kier molecular flexibility index (Phi) is 5.34. The average Bonchev–Trinajstić information content (AvgIpc) is 2.45. The number of methoxy groups -OCH3 is 1. The molecular weight excluding hydrogens is 241 g/mol. The summed E-state index contributed by atoms with van der Waals surface area (Å²) in [7, 11) is 1.71. The minimum absolute atomic E-state index is 0.105. The van der Waals surface area contributed by atoms with Crippen LogP contribution < -0.4 is 5.32 Å². The zero-order valence-electron chi connectivity index (χ0n) is 11.8. The van der Waals surface area contributed by atoms with Crippen LogP contribution in [-0.2, 0) is 10.2 Å². The van der Waals surface area contributed by atoms with E-state index in [-0.39, 0.29) is 11.2 Å². The van der Waals surface area contributed by atoms with Gasteiger partial charge in [0.15, 0.2) is 0 Å². The van der Waals surface area contributed by atoms with Gasteiger partial charge in [-0.2, -0.15) is 0 Å². The SMILES string of the molecule is COCCNCC1(c2cccc(F)c2)CCCCC1. The molecule has 1 aromatic rings. The van der Waals surface area contributed by atoms with Crippen LogP contribution in [0.3, 0.4) is 0 Å². The summed E-state index contributed by atoms with van der Waals surface area (Å²) in [6.45, 7) is 2.49. The second-order valence-corrected chi connectivity index (χ2v) is 5.52. The lowest BCUT2D eigenvalue weighted by molar-refractivity contribution is 0.192. The predicted octanol–water partition coefficient (Wildman–Crippen LogP) is 3.26. The molecule has 0 bridgehead atoms. The van der Waals surface area contributed by atoms with Gasteiger partial charge < -0.3 is 10.1 Å². The minimum atomic E-state index is -0.126. The van der Waals surface area contributed by atoms with E-state index in [2.05, 4.69) is 11.4 Å². The summed E-state index contributed by atoms with van der Waals surface area (Å²) in [5.41, 5.74) is 1.26. The Bertz CT molecular complexity index is 388. The van der Waals surface area contributed by atoms with Crippen molar-refractivity contribution in [3.8, 4) is 0 Å². The molecule has 3 heteroatoms. The van der Waals surface area contributed by atoms with E-state index in [9.17, 15) is 4.39 Å². The molecular formula is C16H24FNO. The maximum absolute atomic E-state index is 13.5. The lowest BCUT2D eigenvalue weighted by Crippen LogP contribution is -2.41. The van der Waals surface area contributed by atoms with Crippen LogP contribution in [-0.4, -0.2) is 26.8 Å². The summed E-state index contributed by atoms with van der Waals surface area (Å²) in [5.74, 6) is -0.126. The van der Waals surface area contributed by atoms with Gasteiger partial charge in [-0.15, -0.1) is 0 Å². The Morgan fingerprint density at radius 2 is 2.05 bits per heavy atom. The van der Waals surface area contributed by atoms with E-state index in [4.69, 9.17) is 4.74 Å². The molecule has 1 aliphatic carbocycles. The molecule has 1 aromatic carbocycles. The van der Waals surface area contributed by atoms with E-state index in [1.54, 1.807) is 13.2 Å². The maximum atomic E-state index is 13.5. The highest BCUT2D eigenvalue weighted by Gasteiger charge is 2.33. The molecule has 2 nitrogen and oxygen atoms in total. The molecule has 0 amide bonds. The highest BCUT2D eigenvalue weighted by molar-refractivity contribution is 5.27. The summed E-state index contributed by atoms with van der Waals surface area (Å²) in [5, 5.41) is 3.47. The molecule has 0 spiro atoms. The fourth-order valence-electron chi connectivity index (χ4n) is 3.12. The van der Waals surface area contributed by atoms with Crippen LogP contribution in [0.2, 0.25) is 0 Å². The minimum Gasteiger partial charge on any atom is -0.383 e. The van der Waals surface area contributed by atoms with Gasteiger partial charge in [0.2, 0.25) is 0 Å². The molecule has 0 aliphatic heterocycles. The van der Waals surface area contributed by atoms with Gasteiger partial charge in [0.25, 0.3) is 0 Å². The normalized spacial score (nSPS) is 18.4. The van der Waals surface area contributed by atoms with Gasteiger partial charge in [0, 0.05) is 25.6 Å². The van der Waals surface area contributed by atoms with Gasteiger partial charge in [-0.1, -0.05) is 31.4 Å². The second kappa shape index (κ2) is 7.01. The monoisotopic (exact) mass is 265 g/mol. The van der Waals surface area contributed by atoms with Gasteiger partial charge in [0.05, 0.1) is 6.61 Å². The Balaban J connectivity index is 2.09. The third kappa shape index (κ3) is 3.77. The summed E-state index contributed by atoms with van der Waals surface area (Å²) >= 11 is 0. The van der Waals surface area contributed by atoms with Crippen LogP contribution in [0.5, 0.6) is 0 Å². The van der Waals surface area contributed by atoms with Crippen LogP contribution in [0.25, 0.3) is 0 Å². The van der Waals surface area contributed by atoms with Gasteiger partial charge >= 0.3 is 0 Å². The van der Waals surface area contributed by atoms with E-state index in [1.165, 1.54) is 25.3 Å². The Morgan fingerprint density at radius 3 is 2.74 bits per heavy atom. The molecule has 1 N–H and O–H groups in total. The van der Waals surface area contributed by atoms with E-state index in [0.717, 1.165) is 38.1 Å². The summed E-state index contributed by atoms with van der Waals surface area (Å²) < 4.78 is 18.6. The van der Waals surface area contributed by atoms with Crippen molar-refractivity contribution in [1.29, 1.82) is 0 Å². The third-order valence-electron chi connectivity index (χ3n) is 4.19. The number of rotatable bonds is 6. The van der Waals surface area contributed by atoms with Crippen molar-refractivity contribution >= 4 is 0 Å². The van der Waals surface area contributed by atoms with E-state index < -0.39 is 0 Å². The van der Waals surface area contributed by atoms with Crippen molar-refractivity contribution in [3.05, 3.63) is 35.6 Å². The van der Waals surface area contributed by atoms with Crippen LogP contribution in [0.1, 0.15) is 37.7 Å². The average molecular weight is 265 g/mol. The maximum Gasteiger partial charge on any atom is 0.123 e. The molecule has 19 heavy (non-hydrogen) atoms. The molecule has 0 unspecified atom stereocenters. The second-order valence-electron chi connectivity index (χ2n) is 5.52. The van der Waals surface area contributed by atoms with Crippen molar-refractivity contribution < 1.29 is 9.13 Å². The largest absolute Gasteiger partial charge is 0.383 e. The van der Waals surface area contributed by atoms with Crippen LogP contribution in [0.15, 0.2) is 24.3 Å². The predicted molar refractivity (Wildman–Crippen MR) is 75.9 cm³/mol. The number of halogens is 1. The number of hydrogen-bond donors (Lipinski definition) is 1. The number of ether oxygens (including phenoxy) is 1. The van der Waals surface area contributed by atoms with Crippen LogP contribution in [0.4, 0.5) is 4.39 Å². The first-order chi connectivity index (χ1) is 9.27. The van der Waals surface area contributed by atoms with Gasteiger partial charge in [-0.25, -0.2) is 4.39 Å². The smallest absolute Gasteiger partial charge is 0.123 e. The molecule has 2 rings (SSSR count). The van der Waals surface area contributed by atoms with Gasteiger partial charge in [-0.3, -0.25) is 0 Å². The van der Waals surface area contributed by atoms with Crippen molar-refractivity contribution in [2.45, 2.75) is 37.5 Å².